The molecule has 0 fully saturated rings. The van der Waals surface area contributed by atoms with Crippen LogP contribution in [-0.4, -0.2) is 43.4 Å². The van der Waals surface area contributed by atoms with E-state index in [0.717, 1.165) is 19.4 Å². The van der Waals surface area contributed by atoms with Crippen LogP contribution < -0.4 is 0 Å². The molecule has 0 saturated carbocycles. The predicted octanol–water partition coefficient (Wildman–Crippen LogP) is 4.76. The maximum absolute atomic E-state index is 13.3. The average molecular weight is 420 g/mol. The van der Waals surface area contributed by atoms with Gasteiger partial charge < -0.3 is 9.75 Å². The fourth-order valence-corrected chi connectivity index (χ4v) is 2.66. The molecule has 144 valence electrons. The van der Waals surface area contributed by atoms with Gasteiger partial charge in [0.2, 0.25) is 0 Å². The lowest BCUT2D eigenvalue weighted by Crippen LogP contribution is -2.12. The number of nitrogens with zero attached hydrogens (tertiary/aromatic N) is 3. The molecule has 10 heteroatoms. The van der Waals surface area contributed by atoms with Crippen LogP contribution in [0.1, 0.15) is 21.6 Å². The highest BCUT2D eigenvalue weighted by molar-refractivity contribution is 6.36. The second-order valence-corrected chi connectivity index (χ2v) is 6.28. The average Bonchev–Trinajstić information content (AvgIpc) is 2.59. The van der Waals surface area contributed by atoms with Crippen molar-refractivity contribution in [2.75, 3.05) is 21.2 Å². The van der Waals surface area contributed by atoms with Crippen molar-refractivity contribution < 1.29 is 22.7 Å². The van der Waals surface area contributed by atoms with Crippen molar-refractivity contribution in [2.24, 2.45) is 5.10 Å². The zero-order valence-corrected chi connectivity index (χ0v) is 15.9. The first-order valence-corrected chi connectivity index (χ1v) is 8.18. The molecule has 5 nitrogen and oxygen atoms in total. The van der Waals surface area contributed by atoms with Gasteiger partial charge in [0.25, 0.3) is 0 Å². The molecule has 0 unspecified atom stereocenters. The Kier molecular flexibility index (Phi) is 6.33. The van der Waals surface area contributed by atoms with Gasteiger partial charge >= 0.3 is 12.1 Å². The highest BCUT2D eigenvalue weighted by Crippen LogP contribution is 2.39. The molecule has 0 bridgehead atoms. The van der Waals surface area contributed by atoms with Crippen LogP contribution in [0.3, 0.4) is 0 Å². The van der Waals surface area contributed by atoms with E-state index >= 15 is 0 Å². The van der Waals surface area contributed by atoms with E-state index in [1.807, 2.05) is 0 Å². The Hall–Kier alpha value is -2.32. The van der Waals surface area contributed by atoms with Crippen molar-refractivity contribution in [3.8, 4) is 11.3 Å². The zero-order chi connectivity index (χ0) is 20.4. The summed E-state index contributed by atoms with van der Waals surface area (Å²) in [6.45, 7) is 0. The highest BCUT2D eigenvalue weighted by atomic mass is 35.5. The van der Waals surface area contributed by atoms with E-state index in [2.05, 4.69) is 14.8 Å². The molecule has 1 heterocycles. The van der Waals surface area contributed by atoms with Gasteiger partial charge in [-0.3, -0.25) is 0 Å². The third kappa shape index (κ3) is 4.70. The number of aromatic nitrogens is 1. The minimum Gasteiger partial charge on any atom is -0.464 e. The monoisotopic (exact) mass is 419 g/mol. The van der Waals surface area contributed by atoms with Crippen LogP contribution in [-0.2, 0) is 10.9 Å². The lowest BCUT2D eigenvalue weighted by atomic mass is 10.0. The summed E-state index contributed by atoms with van der Waals surface area (Å²) in [7, 11) is 4.28. The molecule has 0 N–H and O–H groups in total. The number of hydrogen-bond donors (Lipinski definition) is 0. The van der Waals surface area contributed by atoms with E-state index < -0.39 is 17.7 Å². The summed E-state index contributed by atoms with van der Waals surface area (Å²) in [5.41, 5.74) is -1.07. The third-order valence-corrected chi connectivity index (χ3v) is 4.12. The van der Waals surface area contributed by atoms with Crippen LogP contribution in [0.4, 0.5) is 13.2 Å². The first kappa shape index (κ1) is 21.0. The second-order valence-electron chi connectivity index (χ2n) is 5.50. The van der Waals surface area contributed by atoms with Gasteiger partial charge in [-0.1, -0.05) is 29.3 Å². The number of methoxy groups -OCH3 is 1. The fraction of sp³-hybridized carbons (Fsp3) is 0.235. The molecule has 0 aliphatic rings. The summed E-state index contributed by atoms with van der Waals surface area (Å²) < 4.78 is 44.6. The van der Waals surface area contributed by atoms with Crippen LogP contribution >= 0.6 is 23.2 Å². The summed E-state index contributed by atoms with van der Waals surface area (Å²) in [4.78, 5) is 15.8. The number of carbonyl (C=O) groups excluding carboxylic acids is 1. The SMILES string of the molecule is COC(=O)c1nc(-c2ccc(C(F)(F)F)c(/C=N/N(C)C)c2Cl)ccc1Cl. The van der Waals surface area contributed by atoms with Crippen LogP contribution in [0, 0.1) is 0 Å². The van der Waals surface area contributed by atoms with Gasteiger partial charge in [-0.2, -0.15) is 18.3 Å². The van der Waals surface area contributed by atoms with E-state index in [1.165, 1.54) is 23.2 Å². The maximum Gasteiger partial charge on any atom is 0.417 e. The fourth-order valence-electron chi connectivity index (χ4n) is 2.17. The molecule has 0 aliphatic carbocycles. The highest BCUT2D eigenvalue weighted by Gasteiger charge is 2.34. The van der Waals surface area contributed by atoms with E-state index in [0.29, 0.717) is 0 Å². The summed E-state index contributed by atoms with van der Waals surface area (Å²) in [6.07, 6.45) is -3.60. The first-order valence-electron chi connectivity index (χ1n) is 7.42. The lowest BCUT2D eigenvalue weighted by molar-refractivity contribution is -0.137. The van der Waals surface area contributed by atoms with Crippen LogP contribution in [0.5, 0.6) is 0 Å². The molecule has 2 rings (SSSR count). The number of rotatable bonds is 4. The molecule has 0 atom stereocenters. The van der Waals surface area contributed by atoms with Gasteiger partial charge in [0.05, 0.1) is 34.6 Å². The summed E-state index contributed by atoms with van der Waals surface area (Å²) in [6, 6.07) is 4.88. The number of pyridine rings is 1. The molecule has 1 aromatic heterocycles. The largest absolute Gasteiger partial charge is 0.464 e. The van der Waals surface area contributed by atoms with Crippen molar-refractivity contribution in [3.05, 3.63) is 51.1 Å². The standard InChI is InChI=1S/C17H14Cl2F3N3O2/c1-25(2)23-8-10-11(17(20,21)22)5-4-9(14(10)19)13-7-6-12(18)15(24-13)16(26)27-3/h4-8H,1-3H3/b23-8+. The molecule has 0 aliphatic heterocycles. The number of halogens is 5. The van der Waals surface area contributed by atoms with Crippen molar-refractivity contribution in [2.45, 2.75) is 6.18 Å². The molecule has 0 spiro atoms. The molecule has 0 radical (unpaired) electrons. The first-order chi connectivity index (χ1) is 12.6. The smallest absolute Gasteiger partial charge is 0.417 e. The zero-order valence-electron chi connectivity index (χ0n) is 14.4. The molecular formula is C17H14Cl2F3N3O2. The van der Waals surface area contributed by atoms with Crippen molar-refractivity contribution in [3.63, 3.8) is 0 Å². The molecular weight excluding hydrogens is 406 g/mol. The number of benzene rings is 1. The third-order valence-electron chi connectivity index (χ3n) is 3.40. The van der Waals surface area contributed by atoms with Crippen molar-refractivity contribution in [1.29, 1.82) is 0 Å². The quantitative estimate of drug-likeness (QED) is 0.407. The molecule has 0 amide bonds. The Balaban J connectivity index is 2.69. The van der Waals surface area contributed by atoms with Gasteiger partial charge in [-0.05, 0) is 18.2 Å². The van der Waals surface area contributed by atoms with Gasteiger partial charge in [-0.15, -0.1) is 0 Å². The topological polar surface area (TPSA) is 54.8 Å². The van der Waals surface area contributed by atoms with E-state index in [9.17, 15) is 18.0 Å². The molecule has 0 saturated heterocycles. The maximum atomic E-state index is 13.3. The lowest BCUT2D eigenvalue weighted by Gasteiger charge is -2.15. The Morgan fingerprint density at radius 2 is 1.89 bits per heavy atom. The van der Waals surface area contributed by atoms with E-state index in [4.69, 9.17) is 23.2 Å². The minimum absolute atomic E-state index is 0.0445. The van der Waals surface area contributed by atoms with E-state index in [1.54, 1.807) is 14.1 Å². The number of ether oxygens (including phenoxy) is 1. The Morgan fingerprint density at radius 3 is 2.44 bits per heavy atom. The summed E-state index contributed by atoms with van der Waals surface area (Å²) >= 11 is 12.2. The predicted molar refractivity (Wildman–Crippen MR) is 97.3 cm³/mol. The Morgan fingerprint density at radius 1 is 1.22 bits per heavy atom. The van der Waals surface area contributed by atoms with Crippen molar-refractivity contribution >= 4 is 35.4 Å². The Bertz CT molecular complexity index is 900. The van der Waals surface area contributed by atoms with Crippen molar-refractivity contribution in [1.82, 2.24) is 9.99 Å². The number of hydrazone groups is 1. The van der Waals surface area contributed by atoms with Crippen LogP contribution in [0.2, 0.25) is 10.0 Å². The second kappa shape index (κ2) is 8.14. The molecule has 27 heavy (non-hydrogen) atoms. The van der Waals surface area contributed by atoms with Crippen LogP contribution in [0.25, 0.3) is 11.3 Å². The number of alkyl halides is 3. The minimum atomic E-state index is -4.62. The van der Waals surface area contributed by atoms with Gasteiger partial charge in [-0.25, -0.2) is 9.78 Å². The Labute approximate surface area is 163 Å². The number of hydrogen-bond acceptors (Lipinski definition) is 5. The summed E-state index contributed by atoms with van der Waals surface area (Å²) in [5.74, 6) is -0.778. The number of esters is 1. The normalized spacial score (nSPS) is 11.7. The van der Waals surface area contributed by atoms with Gasteiger partial charge in [0.1, 0.15) is 0 Å². The van der Waals surface area contributed by atoms with Gasteiger partial charge in [0, 0.05) is 25.2 Å². The van der Waals surface area contributed by atoms with Gasteiger partial charge in [0.15, 0.2) is 5.69 Å². The van der Waals surface area contributed by atoms with E-state index in [-0.39, 0.29) is 32.6 Å². The molecule has 1 aromatic carbocycles. The number of carbonyl (C=O) groups is 1. The molecule has 2 aromatic rings. The van der Waals surface area contributed by atoms with Crippen LogP contribution in [0.15, 0.2) is 29.4 Å². The summed E-state index contributed by atoms with van der Waals surface area (Å²) in [5, 5.41) is 5.02.